The van der Waals surface area contributed by atoms with Crippen LogP contribution in [-0.4, -0.2) is 22.0 Å². The number of nitrogens with zero attached hydrogens (tertiary/aromatic N) is 1. The van der Waals surface area contributed by atoms with E-state index in [0.717, 1.165) is 17.0 Å². The van der Waals surface area contributed by atoms with Gasteiger partial charge in [-0.3, -0.25) is 9.59 Å². The van der Waals surface area contributed by atoms with Gasteiger partial charge in [-0.1, -0.05) is 20.8 Å². The molecule has 0 aliphatic rings. The number of carboxylic acids is 1. The zero-order chi connectivity index (χ0) is 15.3. The lowest BCUT2D eigenvalue weighted by Crippen LogP contribution is -2.34. The summed E-state index contributed by atoms with van der Waals surface area (Å²) in [5.41, 5.74) is -0.00922. The zero-order valence-electron chi connectivity index (χ0n) is 12.4. The summed E-state index contributed by atoms with van der Waals surface area (Å²) in [6.07, 6.45) is 1.67. The monoisotopic (exact) mass is 298 g/mol. The summed E-state index contributed by atoms with van der Waals surface area (Å²) in [5.74, 6) is -1.20. The van der Waals surface area contributed by atoms with Gasteiger partial charge in [-0.05, 0) is 26.2 Å². The van der Waals surface area contributed by atoms with E-state index in [-0.39, 0.29) is 12.3 Å². The summed E-state index contributed by atoms with van der Waals surface area (Å²) in [6, 6.07) is 0. The van der Waals surface area contributed by atoms with Crippen molar-refractivity contribution in [2.75, 3.05) is 5.32 Å². The third kappa shape index (κ3) is 3.56. The van der Waals surface area contributed by atoms with Crippen LogP contribution >= 0.6 is 11.3 Å². The molecule has 0 radical (unpaired) electrons. The fourth-order valence-corrected chi connectivity index (χ4v) is 3.08. The highest BCUT2D eigenvalue weighted by molar-refractivity contribution is 7.15. The van der Waals surface area contributed by atoms with Gasteiger partial charge in [0.1, 0.15) is 0 Å². The number of nitrogens with one attached hydrogen (secondary N) is 1. The second kappa shape index (κ2) is 6.83. The number of aromatic nitrogens is 1. The highest BCUT2D eigenvalue weighted by Gasteiger charge is 2.37. The minimum absolute atomic E-state index is 0.0184. The van der Waals surface area contributed by atoms with E-state index in [9.17, 15) is 14.7 Å². The summed E-state index contributed by atoms with van der Waals surface area (Å²) in [7, 11) is 0. The number of amides is 1. The van der Waals surface area contributed by atoms with Crippen LogP contribution in [0.4, 0.5) is 5.13 Å². The molecule has 5 nitrogen and oxygen atoms in total. The standard InChI is InChI=1S/C14H22N2O3S/c1-5-10-9(4)20-13(15-10)16-11(17)8-14(6-2,7-3)12(18)19/h5-8H2,1-4H3,(H,18,19)(H,15,16,17). The van der Waals surface area contributed by atoms with Gasteiger partial charge in [-0.25, -0.2) is 4.98 Å². The molecular weight excluding hydrogens is 276 g/mol. The van der Waals surface area contributed by atoms with Crippen molar-refractivity contribution in [1.29, 1.82) is 0 Å². The number of thiazole rings is 1. The van der Waals surface area contributed by atoms with Crippen molar-refractivity contribution in [3.8, 4) is 0 Å². The number of hydrogen-bond donors (Lipinski definition) is 2. The Bertz CT molecular complexity index is 493. The van der Waals surface area contributed by atoms with E-state index in [1.54, 1.807) is 13.8 Å². The van der Waals surface area contributed by atoms with E-state index in [1.807, 2.05) is 13.8 Å². The smallest absolute Gasteiger partial charge is 0.310 e. The van der Waals surface area contributed by atoms with Crippen molar-refractivity contribution in [3.05, 3.63) is 10.6 Å². The molecule has 0 aliphatic heterocycles. The second-order valence-corrected chi connectivity index (χ2v) is 6.10. The van der Waals surface area contributed by atoms with Gasteiger partial charge in [-0.15, -0.1) is 11.3 Å². The predicted octanol–water partition coefficient (Wildman–Crippen LogP) is 3.23. The maximum Gasteiger partial charge on any atom is 0.310 e. The molecule has 0 saturated carbocycles. The molecule has 0 aromatic carbocycles. The molecule has 0 fully saturated rings. The average molecular weight is 298 g/mol. The van der Waals surface area contributed by atoms with Gasteiger partial charge in [0.2, 0.25) is 5.91 Å². The van der Waals surface area contributed by atoms with Crippen molar-refractivity contribution in [3.63, 3.8) is 0 Å². The lowest BCUT2D eigenvalue weighted by molar-refractivity contribution is -0.151. The minimum atomic E-state index is -0.982. The molecule has 0 atom stereocenters. The first kappa shape index (κ1) is 16.6. The summed E-state index contributed by atoms with van der Waals surface area (Å²) in [4.78, 5) is 28.9. The number of carbonyl (C=O) groups is 2. The maximum atomic E-state index is 12.1. The molecule has 112 valence electrons. The van der Waals surface area contributed by atoms with E-state index in [4.69, 9.17) is 0 Å². The number of rotatable bonds is 7. The molecule has 1 rings (SSSR count). The zero-order valence-corrected chi connectivity index (χ0v) is 13.3. The number of aryl methyl sites for hydroxylation is 2. The Labute approximate surface area is 123 Å². The first-order chi connectivity index (χ1) is 9.38. The fourth-order valence-electron chi connectivity index (χ4n) is 2.16. The Kier molecular flexibility index (Phi) is 5.68. The summed E-state index contributed by atoms with van der Waals surface area (Å²) >= 11 is 1.43. The lowest BCUT2D eigenvalue weighted by Gasteiger charge is -2.25. The van der Waals surface area contributed by atoms with Crippen LogP contribution in [0.1, 0.15) is 50.6 Å². The van der Waals surface area contributed by atoms with Crippen LogP contribution in [0.3, 0.4) is 0 Å². The van der Waals surface area contributed by atoms with Gasteiger partial charge in [-0.2, -0.15) is 0 Å². The van der Waals surface area contributed by atoms with Gasteiger partial charge in [0, 0.05) is 11.3 Å². The third-order valence-corrected chi connectivity index (χ3v) is 4.71. The number of hydrogen-bond acceptors (Lipinski definition) is 4. The van der Waals surface area contributed by atoms with E-state index < -0.39 is 11.4 Å². The average Bonchev–Trinajstić information content (AvgIpc) is 2.75. The molecule has 0 aliphatic carbocycles. The first-order valence-corrected chi connectivity index (χ1v) is 7.69. The van der Waals surface area contributed by atoms with Crippen LogP contribution in [0, 0.1) is 12.3 Å². The van der Waals surface area contributed by atoms with Crippen molar-refractivity contribution in [1.82, 2.24) is 4.98 Å². The summed E-state index contributed by atoms with van der Waals surface area (Å²) < 4.78 is 0. The Morgan fingerprint density at radius 2 is 1.90 bits per heavy atom. The third-order valence-electron chi connectivity index (χ3n) is 3.78. The topological polar surface area (TPSA) is 79.3 Å². The molecule has 0 saturated heterocycles. The molecule has 1 heterocycles. The minimum Gasteiger partial charge on any atom is -0.481 e. The van der Waals surface area contributed by atoms with Crippen molar-refractivity contribution in [2.24, 2.45) is 5.41 Å². The largest absolute Gasteiger partial charge is 0.481 e. The number of aliphatic carboxylic acids is 1. The second-order valence-electron chi connectivity index (χ2n) is 4.89. The molecule has 1 aromatic heterocycles. The molecule has 2 N–H and O–H groups in total. The number of carboxylic acid groups (broad SMARTS) is 1. The van der Waals surface area contributed by atoms with E-state index >= 15 is 0 Å². The van der Waals surface area contributed by atoms with Gasteiger partial charge >= 0.3 is 5.97 Å². The van der Waals surface area contributed by atoms with Crippen molar-refractivity contribution >= 4 is 28.3 Å². The van der Waals surface area contributed by atoms with E-state index in [1.165, 1.54) is 11.3 Å². The summed E-state index contributed by atoms with van der Waals surface area (Å²) in [5, 5.41) is 12.6. The highest BCUT2D eigenvalue weighted by Crippen LogP contribution is 2.32. The Balaban J connectivity index is 2.78. The van der Waals surface area contributed by atoms with E-state index in [0.29, 0.717) is 18.0 Å². The first-order valence-electron chi connectivity index (χ1n) is 6.88. The molecule has 0 spiro atoms. The molecule has 0 unspecified atom stereocenters. The van der Waals surface area contributed by atoms with Gasteiger partial charge in [0.25, 0.3) is 0 Å². The Hall–Kier alpha value is -1.43. The molecule has 6 heteroatoms. The van der Waals surface area contributed by atoms with Gasteiger partial charge in [0.05, 0.1) is 11.1 Å². The Morgan fingerprint density at radius 3 is 2.30 bits per heavy atom. The lowest BCUT2D eigenvalue weighted by atomic mass is 9.79. The molecule has 20 heavy (non-hydrogen) atoms. The van der Waals surface area contributed by atoms with Crippen molar-refractivity contribution < 1.29 is 14.7 Å². The predicted molar refractivity (Wildman–Crippen MR) is 80.1 cm³/mol. The number of carbonyl (C=O) groups excluding carboxylic acids is 1. The van der Waals surface area contributed by atoms with Crippen LogP contribution in [-0.2, 0) is 16.0 Å². The molecule has 1 aromatic rings. The van der Waals surface area contributed by atoms with Crippen LogP contribution in [0.2, 0.25) is 0 Å². The van der Waals surface area contributed by atoms with Crippen LogP contribution in [0.5, 0.6) is 0 Å². The van der Waals surface area contributed by atoms with Gasteiger partial charge < -0.3 is 10.4 Å². The molecule has 1 amide bonds. The van der Waals surface area contributed by atoms with Crippen molar-refractivity contribution in [2.45, 2.75) is 53.4 Å². The normalized spacial score (nSPS) is 11.4. The maximum absolute atomic E-state index is 12.1. The fraction of sp³-hybridized carbons (Fsp3) is 0.643. The quantitative estimate of drug-likeness (QED) is 0.810. The molecular formula is C14H22N2O3S. The van der Waals surface area contributed by atoms with Crippen LogP contribution in [0.25, 0.3) is 0 Å². The number of anilines is 1. The SMILES string of the molecule is CCc1nc(NC(=O)CC(CC)(CC)C(=O)O)sc1C. The highest BCUT2D eigenvalue weighted by atomic mass is 32.1. The van der Waals surface area contributed by atoms with Crippen LogP contribution < -0.4 is 5.32 Å². The van der Waals surface area contributed by atoms with Crippen LogP contribution in [0.15, 0.2) is 0 Å². The summed E-state index contributed by atoms with van der Waals surface area (Å²) in [6.45, 7) is 7.57. The van der Waals surface area contributed by atoms with Gasteiger partial charge in [0.15, 0.2) is 5.13 Å². The molecule has 0 bridgehead atoms. The van der Waals surface area contributed by atoms with E-state index in [2.05, 4.69) is 10.3 Å². The Morgan fingerprint density at radius 1 is 1.30 bits per heavy atom.